The SMILES string of the molecule is CNC(Cc1ccccc1)C(=O)NC(CCCCN)C(=O)N1CCC[C@H]1C(=O)NC(Cc1ccccc1)C(=O)N(C(=O)[C@H](N)CC1CCCCC1)[C@]([C]=O)(CCCNC(=N)N)Cc1ccccc1. The Bertz CT molecular complexity index is 2090. The van der Waals surface area contributed by atoms with E-state index in [2.05, 4.69) is 27.6 Å². The number of carbonyl (C=O) groups excluding carboxylic acids is 6. The van der Waals surface area contributed by atoms with Gasteiger partial charge in [0.05, 0.1) is 12.1 Å². The maximum atomic E-state index is 15.6. The zero-order valence-corrected chi connectivity index (χ0v) is 39.6. The van der Waals surface area contributed by atoms with E-state index in [-0.39, 0.29) is 56.6 Å². The number of imide groups is 1. The van der Waals surface area contributed by atoms with Gasteiger partial charge in [0, 0.05) is 25.9 Å². The van der Waals surface area contributed by atoms with Crippen molar-refractivity contribution >= 4 is 41.8 Å². The lowest BCUT2D eigenvalue weighted by Gasteiger charge is -2.42. The molecule has 11 N–H and O–H groups in total. The van der Waals surface area contributed by atoms with Gasteiger partial charge in [-0.3, -0.25) is 39.1 Å². The van der Waals surface area contributed by atoms with Crippen LogP contribution < -0.4 is 38.5 Å². The Morgan fingerprint density at radius 2 is 1.38 bits per heavy atom. The van der Waals surface area contributed by atoms with Crippen molar-refractivity contribution in [1.29, 1.82) is 5.41 Å². The minimum Gasteiger partial charge on any atom is -0.370 e. The average Bonchev–Trinajstić information content (AvgIpc) is 3.85. The number of carbonyl (C=O) groups is 5. The summed E-state index contributed by atoms with van der Waals surface area (Å²) in [7, 11) is 1.69. The third-order valence-electron chi connectivity index (χ3n) is 13.4. The molecule has 0 spiro atoms. The van der Waals surface area contributed by atoms with Gasteiger partial charge in [-0.1, -0.05) is 123 Å². The molecule has 1 saturated heterocycles. The zero-order chi connectivity index (χ0) is 48.9. The highest BCUT2D eigenvalue weighted by Gasteiger charge is 2.49. The van der Waals surface area contributed by atoms with E-state index in [0.717, 1.165) is 42.6 Å². The number of nitrogens with one attached hydrogen (secondary N) is 5. The van der Waals surface area contributed by atoms with Crippen LogP contribution in [0.3, 0.4) is 0 Å². The van der Waals surface area contributed by atoms with E-state index in [0.29, 0.717) is 62.6 Å². The lowest BCUT2D eigenvalue weighted by atomic mass is 9.82. The molecule has 6 atom stereocenters. The second kappa shape index (κ2) is 27.1. The molecule has 3 aromatic carbocycles. The van der Waals surface area contributed by atoms with Crippen LogP contribution in [0.25, 0.3) is 0 Å². The normalized spacial score (nSPS) is 17.7. The number of benzene rings is 3. The van der Waals surface area contributed by atoms with Crippen molar-refractivity contribution in [1.82, 2.24) is 31.1 Å². The Hall–Kier alpha value is -5.97. The van der Waals surface area contributed by atoms with Gasteiger partial charge in [-0.05, 0) is 94.0 Å². The van der Waals surface area contributed by atoms with Crippen LogP contribution in [0.4, 0.5) is 0 Å². The fourth-order valence-corrected chi connectivity index (χ4v) is 9.70. The molecule has 1 saturated carbocycles. The smallest absolute Gasteiger partial charge is 0.253 e. The van der Waals surface area contributed by atoms with Gasteiger partial charge in [0.2, 0.25) is 29.9 Å². The van der Waals surface area contributed by atoms with Crippen LogP contribution in [0, 0.1) is 11.3 Å². The first kappa shape index (κ1) is 53.0. The molecule has 1 heterocycles. The van der Waals surface area contributed by atoms with E-state index < -0.39 is 59.4 Å². The Balaban J connectivity index is 1.49. The summed E-state index contributed by atoms with van der Waals surface area (Å²) in [6.45, 7) is 0.818. The number of unbranched alkanes of at least 4 members (excludes halogenated alkanes) is 1. The summed E-state index contributed by atoms with van der Waals surface area (Å²) < 4.78 is 0. The lowest BCUT2D eigenvalue weighted by Crippen LogP contribution is -2.66. The number of hydrogen-bond donors (Lipinski definition) is 8. The van der Waals surface area contributed by atoms with E-state index in [4.69, 9.17) is 22.6 Å². The van der Waals surface area contributed by atoms with Gasteiger partial charge in [-0.25, -0.2) is 0 Å². The standard InChI is InChI=1S/C52H73N10O6/c1-57-43(33-38-20-8-3-9-21-38)46(64)59-42(26-14-15-29-53)49(67)61-31-16-27-45(61)47(65)60-44(34-39-22-10-4-11-23-39)50(68)62(48(66)41(54)32-37-18-6-2-7-19-37)52(36-63,28-17-30-58-51(55)56)35-40-24-12-5-13-25-40/h3-5,8-13,20-25,37,41-45,57H,2,6-7,14-19,26-35,53-54H2,1H3,(H,59,64)(H,60,65)(H4,55,56,58)/t41-,42?,43?,44?,45+,52-/m1/s1. The van der Waals surface area contributed by atoms with Crippen molar-refractivity contribution in [2.24, 2.45) is 23.1 Å². The number of amides is 5. The first-order chi connectivity index (χ1) is 32.9. The van der Waals surface area contributed by atoms with Crippen molar-refractivity contribution in [3.63, 3.8) is 0 Å². The molecular formula is C52H73N10O6. The minimum absolute atomic E-state index is 0.0484. The van der Waals surface area contributed by atoms with Crippen molar-refractivity contribution in [3.8, 4) is 0 Å². The number of nitrogens with zero attached hydrogens (tertiary/aromatic N) is 2. The highest BCUT2D eigenvalue weighted by molar-refractivity contribution is 6.05. The van der Waals surface area contributed by atoms with Gasteiger partial charge < -0.3 is 43.4 Å². The summed E-state index contributed by atoms with van der Waals surface area (Å²) in [5, 5.41) is 19.5. The number of likely N-dealkylation sites (tertiary alicyclic amines) is 1. The number of hydrogen-bond acceptors (Lipinski definition) is 10. The third-order valence-corrected chi connectivity index (χ3v) is 13.4. The number of rotatable bonds is 26. The summed E-state index contributed by atoms with van der Waals surface area (Å²) in [6, 6.07) is 22.5. The molecule has 5 rings (SSSR count). The molecule has 1 aliphatic carbocycles. The van der Waals surface area contributed by atoms with Gasteiger partial charge in [-0.2, -0.15) is 0 Å². The molecule has 1 radical (unpaired) electrons. The van der Waals surface area contributed by atoms with Gasteiger partial charge in [0.25, 0.3) is 5.91 Å². The van der Waals surface area contributed by atoms with Crippen LogP contribution >= 0.6 is 0 Å². The highest BCUT2D eigenvalue weighted by atomic mass is 16.2. The topological polar surface area (TPSA) is 259 Å². The molecule has 68 heavy (non-hydrogen) atoms. The summed E-state index contributed by atoms with van der Waals surface area (Å²) in [5.41, 5.74) is 18.6. The summed E-state index contributed by atoms with van der Waals surface area (Å²) in [6.07, 6.45) is 10.1. The zero-order valence-electron chi connectivity index (χ0n) is 39.6. The molecular weight excluding hydrogens is 861 g/mol. The average molecular weight is 934 g/mol. The number of guanidine groups is 1. The Labute approximate surface area is 401 Å². The molecule has 3 unspecified atom stereocenters. The van der Waals surface area contributed by atoms with E-state index in [1.807, 2.05) is 42.5 Å². The maximum Gasteiger partial charge on any atom is 0.253 e. The lowest BCUT2D eigenvalue weighted by molar-refractivity contribution is -0.154. The second-order valence-electron chi connectivity index (χ2n) is 18.4. The van der Waals surface area contributed by atoms with Crippen molar-refractivity contribution < 1.29 is 28.8 Å². The summed E-state index contributed by atoms with van der Waals surface area (Å²) >= 11 is 0. The van der Waals surface area contributed by atoms with Crippen LogP contribution in [-0.2, 0) is 48.0 Å². The van der Waals surface area contributed by atoms with Gasteiger partial charge in [-0.15, -0.1) is 0 Å². The van der Waals surface area contributed by atoms with Gasteiger partial charge in [0.1, 0.15) is 23.7 Å². The first-order valence-corrected chi connectivity index (χ1v) is 24.4. The molecule has 16 nitrogen and oxygen atoms in total. The van der Waals surface area contributed by atoms with Crippen LogP contribution in [0.1, 0.15) is 100 Å². The van der Waals surface area contributed by atoms with E-state index in [9.17, 15) is 19.2 Å². The minimum atomic E-state index is -1.88. The van der Waals surface area contributed by atoms with Crippen LogP contribution in [0.5, 0.6) is 0 Å². The quantitative estimate of drug-likeness (QED) is 0.0330. The first-order valence-electron chi connectivity index (χ1n) is 24.4. The van der Waals surface area contributed by atoms with E-state index in [1.54, 1.807) is 55.6 Å². The summed E-state index contributed by atoms with van der Waals surface area (Å²) in [4.78, 5) is 90.1. The molecule has 16 heteroatoms. The third kappa shape index (κ3) is 15.3. The molecule has 5 amide bonds. The Kier molecular flexibility index (Phi) is 21.1. The largest absolute Gasteiger partial charge is 0.370 e. The van der Waals surface area contributed by atoms with Gasteiger partial charge >= 0.3 is 0 Å². The molecule has 0 bridgehead atoms. The monoisotopic (exact) mass is 934 g/mol. The molecule has 367 valence electrons. The van der Waals surface area contributed by atoms with Crippen LogP contribution in [0.15, 0.2) is 91.0 Å². The second-order valence-corrected chi connectivity index (χ2v) is 18.4. The molecule has 1 aliphatic heterocycles. The van der Waals surface area contributed by atoms with Crippen molar-refractivity contribution in [2.45, 2.75) is 138 Å². The van der Waals surface area contributed by atoms with Gasteiger partial charge in [0.15, 0.2) is 5.96 Å². The fourth-order valence-electron chi connectivity index (χ4n) is 9.70. The van der Waals surface area contributed by atoms with E-state index in [1.165, 1.54) is 4.90 Å². The Morgan fingerprint density at radius 1 is 0.779 bits per heavy atom. The maximum absolute atomic E-state index is 15.6. The van der Waals surface area contributed by atoms with E-state index >= 15 is 9.59 Å². The fraction of sp³-hybridized carbons (Fsp3) is 0.519. The predicted molar refractivity (Wildman–Crippen MR) is 263 cm³/mol. The highest BCUT2D eigenvalue weighted by Crippen LogP contribution is 2.31. The number of likely N-dealkylation sites (N-methyl/N-ethyl adjacent to an activating group) is 1. The Morgan fingerprint density at radius 3 is 1.96 bits per heavy atom. The van der Waals surface area contributed by atoms with Crippen molar-refractivity contribution in [3.05, 3.63) is 108 Å². The van der Waals surface area contributed by atoms with Crippen LogP contribution in [-0.4, -0.2) is 114 Å². The summed E-state index contributed by atoms with van der Waals surface area (Å²) in [5.74, 6) is -3.07. The molecule has 2 fully saturated rings. The van der Waals surface area contributed by atoms with Crippen molar-refractivity contribution in [2.75, 3.05) is 26.7 Å². The molecule has 3 aromatic rings. The van der Waals surface area contributed by atoms with Crippen LogP contribution in [0.2, 0.25) is 0 Å². The molecule has 2 aliphatic rings. The predicted octanol–water partition coefficient (Wildman–Crippen LogP) is 3.16. The number of nitrogens with two attached hydrogens (primary N) is 3. The molecule has 0 aromatic heterocycles.